The van der Waals surface area contributed by atoms with Crippen LogP contribution in [0.5, 0.6) is 0 Å². The maximum absolute atomic E-state index is 12.6. The van der Waals surface area contributed by atoms with Crippen molar-refractivity contribution in [1.29, 1.82) is 0 Å². The van der Waals surface area contributed by atoms with Crippen molar-refractivity contribution in [2.75, 3.05) is 14.1 Å². The lowest BCUT2D eigenvalue weighted by atomic mass is 9.90. The van der Waals surface area contributed by atoms with Crippen LogP contribution in [-0.2, 0) is 19.4 Å². The molecule has 3 rings (SSSR count). The van der Waals surface area contributed by atoms with Gasteiger partial charge in [-0.1, -0.05) is 32.6 Å². The highest BCUT2D eigenvalue weighted by Crippen LogP contribution is 2.27. The molecule has 1 saturated carbocycles. The first-order valence-electron chi connectivity index (χ1n) is 10.2. The van der Waals surface area contributed by atoms with E-state index in [0.717, 1.165) is 32.2 Å². The third kappa shape index (κ3) is 4.25. The fourth-order valence-electron chi connectivity index (χ4n) is 4.39. The van der Waals surface area contributed by atoms with E-state index in [4.69, 9.17) is 5.10 Å². The molecule has 1 heterocycles. The number of aromatic nitrogens is 2. The topological polar surface area (TPSA) is 50.2 Å². The number of carbonyl (C=O) groups excluding carboxylic acids is 1. The molecule has 1 fully saturated rings. The molecule has 5 nitrogen and oxygen atoms in total. The predicted molar refractivity (Wildman–Crippen MR) is 101 cm³/mol. The first-order valence-corrected chi connectivity index (χ1v) is 10.2. The molecule has 2 aliphatic rings. The SMILES string of the molecule is CCCn1nc(C(=O)N(C)C)c2c1CCC(NC1CCCCCC1)C2. The summed E-state index contributed by atoms with van der Waals surface area (Å²) < 4.78 is 2.09. The van der Waals surface area contributed by atoms with Gasteiger partial charge in [-0.2, -0.15) is 5.10 Å². The van der Waals surface area contributed by atoms with Gasteiger partial charge in [0.1, 0.15) is 0 Å². The number of aryl methyl sites for hydroxylation is 1. The van der Waals surface area contributed by atoms with Crippen molar-refractivity contribution in [3.05, 3.63) is 17.0 Å². The molecule has 0 bridgehead atoms. The zero-order valence-electron chi connectivity index (χ0n) is 16.2. The lowest BCUT2D eigenvalue weighted by Gasteiger charge is -2.29. The van der Waals surface area contributed by atoms with E-state index >= 15 is 0 Å². The standard InChI is InChI=1S/C20H34N4O/c1-4-13-24-18-12-11-16(21-15-9-7-5-6-8-10-15)14-17(18)19(22-24)20(25)23(2)3/h15-16,21H,4-14H2,1-3H3. The highest BCUT2D eigenvalue weighted by atomic mass is 16.2. The molecule has 1 atom stereocenters. The molecule has 1 unspecified atom stereocenters. The molecule has 1 aromatic rings. The normalized spacial score (nSPS) is 21.6. The predicted octanol–water partition coefficient (Wildman–Crippen LogP) is 3.16. The summed E-state index contributed by atoms with van der Waals surface area (Å²) in [6.07, 6.45) is 12.3. The minimum Gasteiger partial charge on any atom is -0.343 e. The van der Waals surface area contributed by atoms with Crippen LogP contribution in [0.3, 0.4) is 0 Å². The van der Waals surface area contributed by atoms with Crippen LogP contribution < -0.4 is 5.32 Å². The van der Waals surface area contributed by atoms with E-state index in [-0.39, 0.29) is 5.91 Å². The van der Waals surface area contributed by atoms with Crippen LogP contribution in [0, 0.1) is 0 Å². The minimum absolute atomic E-state index is 0.0428. The van der Waals surface area contributed by atoms with Crippen molar-refractivity contribution in [3.63, 3.8) is 0 Å². The Labute approximate surface area is 152 Å². The van der Waals surface area contributed by atoms with Crippen LogP contribution in [0.25, 0.3) is 0 Å². The lowest BCUT2D eigenvalue weighted by molar-refractivity contribution is 0.0819. The average molecular weight is 347 g/mol. The molecular weight excluding hydrogens is 312 g/mol. The summed E-state index contributed by atoms with van der Waals surface area (Å²) in [4.78, 5) is 14.3. The second kappa shape index (κ2) is 8.35. The number of fused-ring (bicyclic) bond motifs is 1. The summed E-state index contributed by atoms with van der Waals surface area (Å²) in [5, 5.41) is 8.61. The Balaban J connectivity index is 1.77. The van der Waals surface area contributed by atoms with Gasteiger partial charge in [0, 0.05) is 44.0 Å². The van der Waals surface area contributed by atoms with E-state index in [2.05, 4.69) is 16.9 Å². The summed E-state index contributed by atoms with van der Waals surface area (Å²) in [5.41, 5.74) is 3.18. The molecule has 0 spiro atoms. The Hall–Kier alpha value is -1.36. The monoisotopic (exact) mass is 346 g/mol. The number of amides is 1. The maximum Gasteiger partial charge on any atom is 0.274 e. The summed E-state index contributed by atoms with van der Waals surface area (Å²) in [5.74, 6) is 0.0428. The van der Waals surface area contributed by atoms with Gasteiger partial charge in [-0.15, -0.1) is 0 Å². The van der Waals surface area contributed by atoms with E-state index in [0.29, 0.717) is 17.8 Å². The van der Waals surface area contributed by atoms with Crippen LogP contribution >= 0.6 is 0 Å². The summed E-state index contributed by atoms with van der Waals surface area (Å²) in [6, 6.07) is 1.15. The Kier molecular flexibility index (Phi) is 6.15. The molecule has 25 heavy (non-hydrogen) atoms. The fraction of sp³-hybridized carbons (Fsp3) is 0.800. The van der Waals surface area contributed by atoms with Gasteiger partial charge in [0.15, 0.2) is 5.69 Å². The van der Waals surface area contributed by atoms with E-state index < -0.39 is 0 Å². The number of nitrogens with one attached hydrogen (secondary N) is 1. The van der Waals surface area contributed by atoms with Gasteiger partial charge in [-0.3, -0.25) is 9.48 Å². The lowest BCUT2D eigenvalue weighted by Crippen LogP contribution is -2.42. The van der Waals surface area contributed by atoms with Crippen LogP contribution in [-0.4, -0.2) is 46.8 Å². The number of carbonyl (C=O) groups is 1. The van der Waals surface area contributed by atoms with Crippen LogP contribution in [0.4, 0.5) is 0 Å². The van der Waals surface area contributed by atoms with E-state index in [1.54, 1.807) is 4.90 Å². The maximum atomic E-state index is 12.6. The molecule has 1 N–H and O–H groups in total. The molecule has 1 amide bonds. The van der Waals surface area contributed by atoms with Gasteiger partial charge < -0.3 is 10.2 Å². The first kappa shape index (κ1) is 18.4. The Bertz CT molecular complexity index is 585. The summed E-state index contributed by atoms with van der Waals surface area (Å²) >= 11 is 0. The molecule has 1 aromatic heterocycles. The zero-order valence-corrected chi connectivity index (χ0v) is 16.2. The average Bonchev–Trinajstić information content (AvgIpc) is 2.77. The highest BCUT2D eigenvalue weighted by Gasteiger charge is 2.30. The van der Waals surface area contributed by atoms with Gasteiger partial charge in [-0.25, -0.2) is 0 Å². The van der Waals surface area contributed by atoms with Crippen molar-refractivity contribution in [1.82, 2.24) is 20.0 Å². The van der Waals surface area contributed by atoms with Gasteiger partial charge in [0.05, 0.1) is 0 Å². The number of nitrogens with zero attached hydrogens (tertiary/aromatic N) is 3. The number of hydrogen-bond acceptors (Lipinski definition) is 3. The Morgan fingerprint density at radius 1 is 1.16 bits per heavy atom. The molecule has 140 valence electrons. The van der Waals surface area contributed by atoms with Gasteiger partial charge >= 0.3 is 0 Å². The second-order valence-corrected chi connectivity index (χ2v) is 7.99. The molecule has 0 aromatic carbocycles. The smallest absolute Gasteiger partial charge is 0.274 e. The zero-order chi connectivity index (χ0) is 17.8. The minimum atomic E-state index is 0.0428. The van der Waals surface area contributed by atoms with Crippen molar-refractivity contribution in [3.8, 4) is 0 Å². The van der Waals surface area contributed by atoms with Crippen molar-refractivity contribution in [2.45, 2.75) is 89.8 Å². The Morgan fingerprint density at radius 3 is 2.52 bits per heavy atom. The second-order valence-electron chi connectivity index (χ2n) is 7.99. The van der Waals surface area contributed by atoms with Gasteiger partial charge in [0.2, 0.25) is 0 Å². The fourth-order valence-corrected chi connectivity index (χ4v) is 4.39. The molecule has 0 aliphatic heterocycles. The third-order valence-corrected chi connectivity index (χ3v) is 5.72. The van der Waals surface area contributed by atoms with E-state index in [1.807, 2.05) is 14.1 Å². The van der Waals surface area contributed by atoms with Crippen LogP contribution in [0.15, 0.2) is 0 Å². The molecule has 0 saturated heterocycles. The van der Waals surface area contributed by atoms with Crippen LogP contribution in [0.2, 0.25) is 0 Å². The van der Waals surface area contributed by atoms with Crippen molar-refractivity contribution in [2.24, 2.45) is 0 Å². The Morgan fingerprint density at radius 2 is 1.88 bits per heavy atom. The first-order chi connectivity index (χ1) is 12.1. The molecule has 2 aliphatic carbocycles. The highest BCUT2D eigenvalue weighted by molar-refractivity contribution is 5.93. The van der Waals surface area contributed by atoms with Crippen LogP contribution in [0.1, 0.15) is 80.0 Å². The van der Waals surface area contributed by atoms with E-state index in [1.165, 1.54) is 49.8 Å². The number of rotatable bonds is 5. The molecule has 5 heteroatoms. The molecule has 0 radical (unpaired) electrons. The number of hydrogen-bond donors (Lipinski definition) is 1. The molecular formula is C20H34N4O. The van der Waals surface area contributed by atoms with Crippen molar-refractivity contribution < 1.29 is 4.79 Å². The largest absolute Gasteiger partial charge is 0.343 e. The van der Waals surface area contributed by atoms with Crippen molar-refractivity contribution >= 4 is 5.91 Å². The third-order valence-electron chi connectivity index (χ3n) is 5.72. The van der Waals surface area contributed by atoms with Gasteiger partial charge in [-0.05, 0) is 38.5 Å². The quantitative estimate of drug-likeness (QED) is 0.833. The van der Waals surface area contributed by atoms with Gasteiger partial charge in [0.25, 0.3) is 5.91 Å². The summed E-state index contributed by atoms with van der Waals surface area (Å²) in [7, 11) is 3.63. The van der Waals surface area contributed by atoms with E-state index in [9.17, 15) is 4.79 Å². The summed E-state index contributed by atoms with van der Waals surface area (Å²) in [6.45, 7) is 3.07.